The SMILES string of the molecule is CCCN(CCC)CC(C)C(C)C. The number of hydrogen-bond acceptors (Lipinski definition) is 1. The molecule has 0 amide bonds. The van der Waals surface area contributed by atoms with Crippen molar-refractivity contribution in [3.8, 4) is 0 Å². The van der Waals surface area contributed by atoms with Crippen LogP contribution in [0.3, 0.4) is 0 Å². The third kappa shape index (κ3) is 6.09. The summed E-state index contributed by atoms with van der Waals surface area (Å²) >= 11 is 0. The minimum Gasteiger partial charge on any atom is -0.303 e. The Morgan fingerprint density at radius 3 is 1.69 bits per heavy atom. The van der Waals surface area contributed by atoms with Crippen LogP contribution in [0, 0.1) is 11.8 Å². The van der Waals surface area contributed by atoms with Gasteiger partial charge in [0.2, 0.25) is 0 Å². The zero-order chi connectivity index (χ0) is 10.3. The Labute approximate surface area is 84.5 Å². The van der Waals surface area contributed by atoms with E-state index in [9.17, 15) is 0 Å². The van der Waals surface area contributed by atoms with Gasteiger partial charge in [0.05, 0.1) is 0 Å². The molecule has 0 N–H and O–H groups in total. The molecule has 0 radical (unpaired) electrons. The van der Waals surface area contributed by atoms with Crippen LogP contribution in [-0.2, 0) is 0 Å². The summed E-state index contributed by atoms with van der Waals surface area (Å²) in [4.78, 5) is 2.60. The first-order valence-electron chi connectivity index (χ1n) is 5.84. The molecule has 0 fully saturated rings. The van der Waals surface area contributed by atoms with Crippen LogP contribution in [0.1, 0.15) is 47.5 Å². The molecular formula is C12H27N. The van der Waals surface area contributed by atoms with Crippen molar-refractivity contribution in [2.75, 3.05) is 19.6 Å². The fraction of sp³-hybridized carbons (Fsp3) is 1.00. The summed E-state index contributed by atoms with van der Waals surface area (Å²) in [5.74, 6) is 1.65. The van der Waals surface area contributed by atoms with E-state index in [0.29, 0.717) is 0 Å². The fourth-order valence-electron chi connectivity index (χ4n) is 1.54. The highest BCUT2D eigenvalue weighted by atomic mass is 15.1. The van der Waals surface area contributed by atoms with Gasteiger partial charge in [0.25, 0.3) is 0 Å². The van der Waals surface area contributed by atoms with Gasteiger partial charge in [0.1, 0.15) is 0 Å². The first-order chi connectivity index (χ1) is 6.11. The maximum atomic E-state index is 2.60. The van der Waals surface area contributed by atoms with Gasteiger partial charge in [-0.3, -0.25) is 0 Å². The van der Waals surface area contributed by atoms with Crippen LogP contribution in [0.15, 0.2) is 0 Å². The molecule has 0 bridgehead atoms. The van der Waals surface area contributed by atoms with E-state index in [2.05, 4.69) is 39.5 Å². The second kappa shape index (κ2) is 7.37. The summed E-state index contributed by atoms with van der Waals surface area (Å²) in [5, 5.41) is 0. The van der Waals surface area contributed by atoms with E-state index in [-0.39, 0.29) is 0 Å². The van der Waals surface area contributed by atoms with E-state index in [1.807, 2.05) is 0 Å². The van der Waals surface area contributed by atoms with Crippen molar-refractivity contribution in [3.63, 3.8) is 0 Å². The first kappa shape index (κ1) is 13.0. The molecule has 1 unspecified atom stereocenters. The van der Waals surface area contributed by atoms with Crippen molar-refractivity contribution in [3.05, 3.63) is 0 Å². The lowest BCUT2D eigenvalue weighted by atomic mass is 9.97. The normalized spacial score (nSPS) is 14.1. The van der Waals surface area contributed by atoms with Crippen molar-refractivity contribution in [2.24, 2.45) is 11.8 Å². The molecule has 80 valence electrons. The second-order valence-corrected chi connectivity index (χ2v) is 4.52. The first-order valence-corrected chi connectivity index (χ1v) is 5.84. The third-order valence-electron chi connectivity index (χ3n) is 2.76. The lowest BCUT2D eigenvalue weighted by molar-refractivity contribution is 0.212. The Bertz CT molecular complexity index is 104. The van der Waals surface area contributed by atoms with E-state index >= 15 is 0 Å². The standard InChI is InChI=1S/C12H27N/c1-6-8-13(9-7-2)10-12(5)11(3)4/h11-12H,6-10H2,1-5H3. The van der Waals surface area contributed by atoms with Gasteiger partial charge in [0.15, 0.2) is 0 Å². The van der Waals surface area contributed by atoms with Crippen molar-refractivity contribution < 1.29 is 0 Å². The summed E-state index contributed by atoms with van der Waals surface area (Å²) < 4.78 is 0. The fourth-order valence-corrected chi connectivity index (χ4v) is 1.54. The molecule has 0 spiro atoms. The highest BCUT2D eigenvalue weighted by molar-refractivity contribution is 4.64. The molecule has 0 heterocycles. The predicted molar refractivity (Wildman–Crippen MR) is 61.0 cm³/mol. The zero-order valence-corrected chi connectivity index (χ0v) is 10.1. The van der Waals surface area contributed by atoms with Crippen LogP contribution < -0.4 is 0 Å². The Hall–Kier alpha value is -0.0400. The predicted octanol–water partition coefficient (Wildman–Crippen LogP) is 3.40. The smallest absolute Gasteiger partial charge is 0.000946 e. The molecule has 0 rings (SSSR count). The van der Waals surface area contributed by atoms with Crippen molar-refractivity contribution in [1.82, 2.24) is 4.90 Å². The van der Waals surface area contributed by atoms with E-state index in [1.165, 1.54) is 32.5 Å². The van der Waals surface area contributed by atoms with Gasteiger partial charge in [-0.05, 0) is 37.8 Å². The molecule has 0 aliphatic carbocycles. The van der Waals surface area contributed by atoms with Crippen molar-refractivity contribution >= 4 is 0 Å². The van der Waals surface area contributed by atoms with Crippen LogP contribution >= 0.6 is 0 Å². The summed E-state index contributed by atoms with van der Waals surface area (Å²) in [5.41, 5.74) is 0. The van der Waals surface area contributed by atoms with Gasteiger partial charge in [-0.15, -0.1) is 0 Å². The monoisotopic (exact) mass is 185 g/mol. The Balaban J connectivity index is 3.78. The highest BCUT2D eigenvalue weighted by Gasteiger charge is 2.11. The van der Waals surface area contributed by atoms with Gasteiger partial charge >= 0.3 is 0 Å². The average Bonchev–Trinajstić information content (AvgIpc) is 2.05. The average molecular weight is 185 g/mol. The quantitative estimate of drug-likeness (QED) is 0.587. The molecule has 0 aliphatic rings. The van der Waals surface area contributed by atoms with E-state index < -0.39 is 0 Å². The summed E-state index contributed by atoms with van der Waals surface area (Å²) in [6.07, 6.45) is 2.57. The number of hydrogen-bond donors (Lipinski definition) is 0. The van der Waals surface area contributed by atoms with Gasteiger partial charge in [0, 0.05) is 6.54 Å². The van der Waals surface area contributed by atoms with Crippen LogP contribution in [0.5, 0.6) is 0 Å². The summed E-state index contributed by atoms with van der Waals surface area (Å²) in [6.45, 7) is 15.4. The lowest BCUT2D eigenvalue weighted by Gasteiger charge is -2.26. The molecule has 0 saturated heterocycles. The van der Waals surface area contributed by atoms with Crippen molar-refractivity contribution in [1.29, 1.82) is 0 Å². The molecule has 0 aromatic rings. The van der Waals surface area contributed by atoms with Gasteiger partial charge in [-0.2, -0.15) is 0 Å². The van der Waals surface area contributed by atoms with Crippen LogP contribution in [0.25, 0.3) is 0 Å². The van der Waals surface area contributed by atoms with Gasteiger partial charge in [-0.25, -0.2) is 0 Å². The molecule has 1 nitrogen and oxygen atoms in total. The van der Waals surface area contributed by atoms with Crippen LogP contribution in [-0.4, -0.2) is 24.5 Å². The van der Waals surface area contributed by atoms with E-state index in [0.717, 1.165) is 11.8 Å². The summed E-state index contributed by atoms with van der Waals surface area (Å²) in [6, 6.07) is 0. The van der Waals surface area contributed by atoms with E-state index in [1.54, 1.807) is 0 Å². The summed E-state index contributed by atoms with van der Waals surface area (Å²) in [7, 11) is 0. The van der Waals surface area contributed by atoms with Crippen LogP contribution in [0.4, 0.5) is 0 Å². The molecule has 0 aliphatic heterocycles. The highest BCUT2D eigenvalue weighted by Crippen LogP contribution is 2.11. The second-order valence-electron chi connectivity index (χ2n) is 4.52. The lowest BCUT2D eigenvalue weighted by Crippen LogP contribution is -2.31. The molecular weight excluding hydrogens is 158 g/mol. The third-order valence-corrected chi connectivity index (χ3v) is 2.76. The minimum atomic E-state index is 0.816. The maximum Gasteiger partial charge on any atom is 0.000946 e. The van der Waals surface area contributed by atoms with E-state index in [4.69, 9.17) is 0 Å². The zero-order valence-electron chi connectivity index (χ0n) is 10.1. The van der Waals surface area contributed by atoms with Crippen LogP contribution in [0.2, 0.25) is 0 Å². The Kier molecular flexibility index (Phi) is 7.35. The number of rotatable bonds is 7. The molecule has 0 saturated carbocycles. The van der Waals surface area contributed by atoms with Gasteiger partial charge < -0.3 is 4.90 Å². The minimum absolute atomic E-state index is 0.816. The number of nitrogens with zero attached hydrogens (tertiary/aromatic N) is 1. The van der Waals surface area contributed by atoms with Crippen molar-refractivity contribution in [2.45, 2.75) is 47.5 Å². The molecule has 0 aromatic heterocycles. The van der Waals surface area contributed by atoms with Gasteiger partial charge in [-0.1, -0.05) is 34.6 Å². The maximum absolute atomic E-state index is 2.60. The Morgan fingerprint density at radius 2 is 1.38 bits per heavy atom. The Morgan fingerprint density at radius 1 is 0.923 bits per heavy atom. The molecule has 1 atom stereocenters. The molecule has 0 aromatic carbocycles. The largest absolute Gasteiger partial charge is 0.303 e. The molecule has 1 heteroatoms. The molecule has 13 heavy (non-hydrogen) atoms. The topological polar surface area (TPSA) is 3.24 Å².